The van der Waals surface area contributed by atoms with E-state index in [1.165, 1.54) is 5.56 Å². The third-order valence-electron chi connectivity index (χ3n) is 4.16. The molecule has 0 saturated carbocycles. The molecule has 4 heteroatoms. The van der Waals surface area contributed by atoms with Crippen molar-refractivity contribution in [1.82, 2.24) is 16.2 Å². The van der Waals surface area contributed by atoms with Crippen LogP contribution in [0.5, 0.6) is 0 Å². The van der Waals surface area contributed by atoms with E-state index < -0.39 is 0 Å². The fourth-order valence-corrected chi connectivity index (χ4v) is 2.66. The summed E-state index contributed by atoms with van der Waals surface area (Å²) in [5.41, 5.74) is 7.54. The maximum absolute atomic E-state index is 12.1. The van der Waals surface area contributed by atoms with Gasteiger partial charge >= 0.3 is 0 Å². The first kappa shape index (κ1) is 15.0. The smallest absolute Gasteiger partial charge is 0.220 e. The molecule has 1 aliphatic rings. The van der Waals surface area contributed by atoms with Gasteiger partial charge in [0.2, 0.25) is 5.91 Å². The number of nitrogens with one attached hydrogen (secondary N) is 3. The first-order chi connectivity index (χ1) is 9.70. The first-order valence-corrected chi connectivity index (χ1v) is 7.50. The Hall–Kier alpha value is -1.39. The second-order valence-corrected chi connectivity index (χ2v) is 5.60. The SMILES string of the molecule is CCC(CC(=O)NCC1CNNC1C)c1ccccc1. The van der Waals surface area contributed by atoms with Gasteiger partial charge in [-0.1, -0.05) is 37.3 Å². The standard InChI is InChI=1S/C16H25N3O/c1-3-13(14-7-5-4-6-8-14)9-16(20)17-10-15-11-18-19-12(15)2/h4-8,12-13,15,18-19H,3,9-11H2,1-2H3,(H,17,20). The summed E-state index contributed by atoms with van der Waals surface area (Å²) in [6.07, 6.45) is 1.56. The summed E-state index contributed by atoms with van der Waals surface area (Å²) in [5, 5.41) is 3.07. The summed E-state index contributed by atoms with van der Waals surface area (Å²) in [4.78, 5) is 12.1. The summed E-state index contributed by atoms with van der Waals surface area (Å²) >= 11 is 0. The van der Waals surface area contributed by atoms with Crippen molar-refractivity contribution in [2.24, 2.45) is 5.92 Å². The lowest BCUT2D eigenvalue weighted by atomic mass is 9.93. The van der Waals surface area contributed by atoms with Crippen LogP contribution in [0.2, 0.25) is 0 Å². The molecule has 0 aliphatic carbocycles. The predicted octanol–water partition coefficient (Wildman–Crippen LogP) is 1.80. The van der Waals surface area contributed by atoms with E-state index in [1.54, 1.807) is 0 Å². The minimum Gasteiger partial charge on any atom is -0.356 e. The highest BCUT2D eigenvalue weighted by atomic mass is 16.1. The van der Waals surface area contributed by atoms with Crippen molar-refractivity contribution in [2.75, 3.05) is 13.1 Å². The maximum atomic E-state index is 12.1. The van der Waals surface area contributed by atoms with Gasteiger partial charge in [-0.2, -0.15) is 0 Å². The first-order valence-electron chi connectivity index (χ1n) is 7.50. The van der Waals surface area contributed by atoms with Crippen LogP contribution in [0.15, 0.2) is 30.3 Å². The van der Waals surface area contributed by atoms with Gasteiger partial charge in [0.1, 0.15) is 0 Å². The van der Waals surface area contributed by atoms with E-state index in [2.05, 4.69) is 42.1 Å². The lowest BCUT2D eigenvalue weighted by molar-refractivity contribution is -0.121. The highest BCUT2D eigenvalue weighted by Crippen LogP contribution is 2.22. The number of hydrogen-bond acceptors (Lipinski definition) is 3. The quantitative estimate of drug-likeness (QED) is 0.742. The summed E-state index contributed by atoms with van der Waals surface area (Å²) < 4.78 is 0. The fraction of sp³-hybridized carbons (Fsp3) is 0.562. The van der Waals surface area contributed by atoms with Gasteiger partial charge in [0, 0.05) is 31.5 Å². The van der Waals surface area contributed by atoms with E-state index in [4.69, 9.17) is 0 Å². The lowest BCUT2D eigenvalue weighted by Crippen LogP contribution is -2.35. The van der Waals surface area contributed by atoms with E-state index in [-0.39, 0.29) is 5.91 Å². The summed E-state index contributed by atoms with van der Waals surface area (Å²) in [6, 6.07) is 10.7. The van der Waals surface area contributed by atoms with Crippen molar-refractivity contribution in [3.8, 4) is 0 Å². The molecule has 20 heavy (non-hydrogen) atoms. The second kappa shape index (κ2) is 7.41. The average molecular weight is 275 g/mol. The molecule has 1 aromatic carbocycles. The fourth-order valence-electron chi connectivity index (χ4n) is 2.66. The van der Waals surface area contributed by atoms with Crippen LogP contribution in [0.25, 0.3) is 0 Å². The molecule has 4 nitrogen and oxygen atoms in total. The zero-order chi connectivity index (χ0) is 14.4. The van der Waals surface area contributed by atoms with E-state index >= 15 is 0 Å². The lowest BCUT2D eigenvalue weighted by Gasteiger charge is -2.17. The molecule has 0 spiro atoms. The third-order valence-corrected chi connectivity index (χ3v) is 4.16. The van der Waals surface area contributed by atoms with Gasteiger partial charge in [-0.15, -0.1) is 0 Å². The van der Waals surface area contributed by atoms with Crippen LogP contribution >= 0.6 is 0 Å². The molecule has 1 saturated heterocycles. The Balaban J connectivity index is 1.80. The molecular formula is C16H25N3O. The average Bonchev–Trinajstić information content (AvgIpc) is 2.89. The number of carbonyl (C=O) groups is 1. The number of amides is 1. The van der Waals surface area contributed by atoms with Crippen molar-refractivity contribution in [2.45, 2.75) is 38.6 Å². The van der Waals surface area contributed by atoms with Crippen molar-refractivity contribution in [3.05, 3.63) is 35.9 Å². The molecule has 110 valence electrons. The number of benzene rings is 1. The highest BCUT2D eigenvalue weighted by Gasteiger charge is 2.23. The third kappa shape index (κ3) is 4.05. The topological polar surface area (TPSA) is 53.2 Å². The maximum Gasteiger partial charge on any atom is 0.220 e. The molecule has 0 aromatic heterocycles. The van der Waals surface area contributed by atoms with Gasteiger partial charge in [0.05, 0.1) is 0 Å². The Labute approximate surface area is 121 Å². The van der Waals surface area contributed by atoms with Crippen LogP contribution in [0, 0.1) is 5.92 Å². The predicted molar refractivity (Wildman–Crippen MR) is 81.2 cm³/mol. The molecule has 2 rings (SSSR count). The van der Waals surface area contributed by atoms with E-state index in [9.17, 15) is 4.79 Å². The van der Waals surface area contributed by atoms with Crippen LogP contribution in [-0.4, -0.2) is 25.0 Å². The van der Waals surface area contributed by atoms with Gasteiger partial charge in [-0.3, -0.25) is 15.6 Å². The molecular weight excluding hydrogens is 250 g/mol. The van der Waals surface area contributed by atoms with Crippen LogP contribution < -0.4 is 16.2 Å². The van der Waals surface area contributed by atoms with Gasteiger partial charge in [0.15, 0.2) is 0 Å². The van der Waals surface area contributed by atoms with Gasteiger partial charge in [-0.05, 0) is 24.8 Å². The number of hydrazine groups is 1. The van der Waals surface area contributed by atoms with E-state index in [0.717, 1.165) is 19.5 Å². The molecule has 1 heterocycles. The second-order valence-electron chi connectivity index (χ2n) is 5.60. The largest absolute Gasteiger partial charge is 0.356 e. The van der Waals surface area contributed by atoms with Crippen LogP contribution in [-0.2, 0) is 4.79 Å². The molecule has 0 radical (unpaired) electrons. The molecule has 3 N–H and O–H groups in total. The Morgan fingerprint density at radius 3 is 2.75 bits per heavy atom. The highest BCUT2D eigenvalue weighted by molar-refractivity contribution is 5.76. The number of carbonyl (C=O) groups excluding carboxylic acids is 1. The Morgan fingerprint density at radius 2 is 2.15 bits per heavy atom. The number of rotatable bonds is 6. The Bertz CT molecular complexity index is 421. The Kier molecular flexibility index (Phi) is 5.56. The van der Waals surface area contributed by atoms with Crippen molar-refractivity contribution in [3.63, 3.8) is 0 Å². The number of hydrogen-bond donors (Lipinski definition) is 3. The molecule has 1 fully saturated rings. The minimum atomic E-state index is 0.153. The molecule has 1 aliphatic heterocycles. The van der Waals surface area contributed by atoms with Crippen LogP contribution in [0.1, 0.15) is 38.2 Å². The Morgan fingerprint density at radius 1 is 1.40 bits per heavy atom. The van der Waals surface area contributed by atoms with Gasteiger partial charge < -0.3 is 5.32 Å². The van der Waals surface area contributed by atoms with Crippen molar-refractivity contribution >= 4 is 5.91 Å². The van der Waals surface area contributed by atoms with Gasteiger partial charge in [-0.25, -0.2) is 0 Å². The monoisotopic (exact) mass is 275 g/mol. The van der Waals surface area contributed by atoms with Crippen LogP contribution in [0.4, 0.5) is 0 Å². The molecule has 1 amide bonds. The minimum absolute atomic E-state index is 0.153. The summed E-state index contributed by atoms with van der Waals surface area (Å²) in [7, 11) is 0. The zero-order valence-corrected chi connectivity index (χ0v) is 12.4. The van der Waals surface area contributed by atoms with E-state index in [1.807, 2.05) is 18.2 Å². The normalized spacial score (nSPS) is 23.5. The van der Waals surface area contributed by atoms with Crippen molar-refractivity contribution < 1.29 is 4.79 Å². The molecule has 3 unspecified atom stereocenters. The molecule has 0 bridgehead atoms. The van der Waals surface area contributed by atoms with Crippen LogP contribution in [0.3, 0.4) is 0 Å². The van der Waals surface area contributed by atoms with Crippen molar-refractivity contribution in [1.29, 1.82) is 0 Å². The summed E-state index contributed by atoms with van der Waals surface area (Å²) in [6.45, 7) is 5.93. The zero-order valence-electron chi connectivity index (χ0n) is 12.4. The molecule has 1 aromatic rings. The van der Waals surface area contributed by atoms with Gasteiger partial charge in [0.25, 0.3) is 0 Å². The molecule has 3 atom stereocenters. The van der Waals surface area contributed by atoms with E-state index in [0.29, 0.717) is 24.3 Å². The summed E-state index contributed by atoms with van der Waals surface area (Å²) in [5.74, 6) is 0.934.